The lowest BCUT2D eigenvalue weighted by molar-refractivity contribution is 0.391. The summed E-state index contributed by atoms with van der Waals surface area (Å²) in [5.74, 6) is 1.80. The molecule has 0 saturated heterocycles. The summed E-state index contributed by atoms with van der Waals surface area (Å²) in [5.41, 5.74) is 1.26. The van der Waals surface area contributed by atoms with Crippen LogP contribution in [0.5, 0.6) is 11.5 Å². The average molecular weight is 343 g/mol. The minimum atomic E-state index is -0.221. The molecule has 0 radical (unpaired) electrons. The highest BCUT2D eigenvalue weighted by atomic mass is 16.5. The Morgan fingerprint density at radius 2 is 2.08 bits per heavy atom. The van der Waals surface area contributed by atoms with Crippen LogP contribution in [0, 0.1) is 0 Å². The van der Waals surface area contributed by atoms with E-state index in [0.717, 1.165) is 11.3 Å². The van der Waals surface area contributed by atoms with Crippen molar-refractivity contribution in [1.29, 1.82) is 0 Å². The van der Waals surface area contributed by atoms with E-state index < -0.39 is 0 Å². The van der Waals surface area contributed by atoms with E-state index in [2.05, 4.69) is 20.4 Å². The molecule has 0 amide bonds. The van der Waals surface area contributed by atoms with Crippen molar-refractivity contribution in [1.82, 2.24) is 19.7 Å². The lowest BCUT2D eigenvalue weighted by Gasteiger charge is -2.12. The van der Waals surface area contributed by atoms with Gasteiger partial charge in [0.25, 0.3) is 5.56 Å². The molecule has 2 N–H and O–H groups in total. The largest absolute Gasteiger partial charge is 0.497 e. The third kappa shape index (κ3) is 3.28. The normalized spacial score (nSPS) is 11.1. The number of rotatable bonds is 6. The minimum Gasteiger partial charge on any atom is -0.497 e. The number of ether oxygens (including phenoxy) is 2. The van der Waals surface area contributed by atoms with Crippen molar-refractivity contribution in [3.8, 4) is 11.5 Å². The fraction of sp³-hybridized carbons (Fsp3) is 0.353. The van der Waals surface area contributed by atoms with E-state index >= 15 is 0 Å². The average Bonchev–Trinajstić information content (AvgIpc) is 3.04. The van der Waals surface area contributed by atoms with Crippen molar-refractivity contribution in [3.63, 3.8) is 0 Å². The van der Waals surface area contributed by atoms with Crippen molar-refractivity contribution >= 4 is 17.0 Å². The zero-order chi connectivity index (χ0) is 18.0. The van der Waals surface area contributed by atoms with Gasteiger partial charge in [0.2, 0.25) is 5.95 Å². The third-order valence-corrected chi connectivity index (χ3v) is 3.89. The van der Waals surface area contributed by atoms with E-state index in [-0.39, 0.29) is 11.6 Å². The highest BCUT2D eigenvalue weighted by Gasteiger charge is 2.12. The highest BCUT2D eigenvalue weighted by molar-refractivity contribution is 5.74. The van der Waals surface area contributed by atoms with Crippen LogP contribution in [0.25, 0.3) is 11.0 Å². The summed E-state index contributed by atoms with van der Waals surface area (Å²) in [4.78, 5) is 19.4. The number of methoxy groups -OCH3 is 2. The Kier molecular flexibility index (Phi) is 4.60. The molecule has 8 heteroatoms. The monoisotopic (exact) mass is 343 g/mol. The van der Waals surface area contributed by atoms with Gasteiger partial charge in [0, 0.05) is 24.2 Å². The number of benzene rings is 1. The smallest absolute Gasteiger partial charge is 0.263 e. The van der Waals surface area contributed by atoms with Gasteiger partial charge in [-0.2, -0.15) is 10.1 Å². The second kappa shape index (κ2) is 6.84. The Balaban J connectivity index is 1.89. The number of hydrogen-bond donors (Lipinski definition) is 2. The maximum Gasteiger partial charge on any atom is 0.263 e. The third-order valence-electron chi connectivity index (χ3n) is 3.89. The molecule has 0 bridgehead atoms. The molecule has 0 fully saturated rings. The summed E-state index contributed by atoms with van der Waals surface area (Å²) in [6.45, 7) is 4.42. The van der Waals surface area contributed by atoms with Gasteiger partial charge in [-0.1, -0.05) is 0 Å². The fourth-order valence-electron chi connectivity index (χ4n) is 2.57. The lowest BCUT2D eigenvalue weighted by Crippen LogP contribution is -2.14. The van der Waals surface area contributed by atoms with Crippen LogP contribution >= 0.6 is 0 Å². The molecule has 1 aromatic carbocycles. The van der Waals surface area contributed by atoms with Crippen LogP contribution in [0.3, 0.4) is 0 Å². The Bertz CT molecular complexity index is 945. The van der Waals surface area contributed by atoms with E-state index in [9.17, 15) is 4.79 Å². The highest BCUT2D eigenvalue weighted by Crippen LogP contribution is 2.25. The topological polar surface area (TPSA) is 94.1 Å². The van der Waals surface area contributed by atoms with E-state index in [0.29, 0.717) is 29.3 Å². The minimum absolute atomic E-state index is 0.112. The molecule has 3 rings (SSSR count). The first kappa shape index (κ1) is 16.8. The molecule has 132 valence electrons. The molecule has 0 unspecified atom stereocenters. The molecule has 0 aliphatic rings. The van der Waals surface area contributed by atoms with Crippen molar-refractivity contribution in [2.45, 2.75) is 26.4 Å². The molecule has 25 heavy (non-hydrogen) atoms. The molecule has 2 aromatic heterocycles. The molecule has 0 aliphatic heterocycles. The Morgan fingerprint density at radius 1 is 1.28 bits per heavy atom. The molecule has 8 nitrogen and oxygen atoms in total. The molecule has 2 heterocycles. The molecule has 0 saturated carbocycles. The SMILES string of the molecule is COc1ccc(CNc2nc3c(cnn3C(C)C)c(=O)[nH]2)c(OC)c1. The summed E-state index contributed by atoms with van der Waals surface area (Å²) in [6.07, 6.45) is 1.54. The maximum atomic E-state index is 12.2. The number of aromatic amines is 1. The number of fused-ring (bicyclic) bond motifs is 1. The number of nitrogens with zero attached hydrogens (tertiary/aromatic N) is 3. The van der Waals surface area contributed by atoms with Crippen LogP contribution in [0.2, 0.25) is 0 Å². The molecule has 3 aromatic rings. The number of anilines is 1. The Morgan fingerprint density at radius 3 is 2.76 bits per heavy atom. The van der Waals surface area contributed by atoms with Crippen LogP contribution in [-0.2, 0) is 6.54 Å². The Labute approximate surface area is 144 Å². The summed E-state index contributed by atoms with van der Waals surface area (Å²) < 4.78 is 12.3. The van der Waals surface area contributed by atoms with E-state index in [4.69, 9.17) is 9.47 Å². The first-order valence-corrected chi connectivity index (χ1v) is 7.95. The first-order valence-electron chi connectivity index (χ1n) is 7.95. The van der Waals surface area contributed by atoms with Crippen molar-refractivity contribution in [3.05, 3.63) is 40.3 Å². The van der Waals surface area contributed by atoms with Crippen molar-refractivity contribution < 1.29 is 9.47 Å². The van der Waals surface area contributed by atoms with Crippen LogP contribution in [0.1, 0.15) is 25.5 Å². The molecular formula is C17H21N5O3. The summed E-state index contributed by atoms with van der Waals surface area (Å²) in [7, 11) is 3.21. The number of nitrogens with one attached hydrogen (secondary N) is 2. The van der Waals surface area contributed by atoms with E-state index in [1.807, 2.05) is 32.0 Å². The van der Waals surface area contributed by atoms with Gasteiger partial charge in [-0.25, -0.2) is 4.68 Å². The van der Waals surface area contributed by atoms with Gasteiger partial charge in [0.1, 0.15) is 16.9 Å². The summed E-state index contributed by atoms with van der Waals surface area (Å²) >= 11 is 0. The second-order valence-corrected chi connectivity index (χ2v) is 5.87. The zero-order valence-corrected chi connectivity index (χ0v) is 14.7. The van der Waals surface area contributed by atoms with Crippen LogP contribution in [0.4, 0.5) is 5.95 Å². The van der Waals surface area contributed by atoms with Crippen LogP contribution < -0.4 is 20.3 Å². The van der Waals surface area contributed by atoms with E-state index in [1.54, 1.807) is 18.9 Å². The summed E-state index contributed by atoms with van der Waals surface area (Å²) in [6, 6.07) is 5.68. The second-order valence-electron chi connectivity index (χ2n) is 5.87. The number of aromatic nitrogens is 4. The van der Waals surface area contributed by atoms with Gasteiger partial charge in [0.15, 0.2) is 5.65 Å². The molecular weight excluding hydrogens is 322 g/mol. The zero-order valence-electron chi connectivity index (χ0n) is 14.7. The van der Waals surface area contributed by atoms with Gasteiger partial charge < -0.3 is 14.8 Å². The van der Waals surface area contributed by atoms with Gasteiger partial charge >= 0.3 is 0 Å². The Hall–Kier alpha value is -3.03. The summed E-state index contributed by atoms with van der Waals surface area (Å²) in [5, 5.41) is 7.84. The number of H-pyrrole nitrogens is 1. The van der Waals surface area contributed by atoms with Crippen LogP contribution in [-0.4, -0.2) is 34.0 Å². The van der Waals surface area contributed by atoms with Gasteiger partial charge in [-0.3, -0.25) is 9.78 Å². The lowest BCUT2D eigenvalue weighted by atomic mass is 10.2. The van der Waals surface area contributed by atoms with E-state index in [1.165, 1.54) is 6.20 Å². The van der Waals surface area contributed by atoms with Gasteiger partial charge in [-0.15, -0.1) is 0 Å². The standard InChI is InChI=1S/C17H21N5O3/c1-10(2)22-15-13(9-19-22)16(23)21-17(20-15)18-8-11-5-6-12(24-3)7-14(11)25-4/h5-7,9-10H,8H2,1-4H3,(H2,18,20,21,23). The molecule has 0 atom stereocenters. The van der Waals surface area contributed by atoms with Gasteiger partial charge in [-0.05, 0) is 26.0 Å². The number of hydrogen-bond acceptors (Lipinski definition) is 6. The predicted octanol–water partition coefficient (Wildman–Crippen LogP) is 2.33. The van der Waals surface area contributed by atoms with Gasteiger partial charge in [0.05, 0.1) is 20.4 Å². The van der Waals surface area contributed by atoms with Crippen LogP contribution in [0.15, 0.2) is 29.2 Å². The predicted molar refractivity (Wildman–Crippen MR) is 95.4 cm³/mol. The quantitative estimate of drug-likeness (QED) is 0.713. The van der Waals surface area contributed by atoms with Crippen molar-refractivity contribution in [2.24, 2.45) is 0 Å². The first-order chi connectivity index (χ1) is 12.0. The molecule has 0 spiro atoms. The molecule has 0 aliphatic carbocycles. The maximum absolute atomic E-state index is 12.2. The fourth-order valence-corrected chi connectivity index (χ4v) is 2.57. The van der Waals surface area contributed by atoms with Crippen molar-refractivity contribution in [2.75, 3.05) is 19.5 Å².